The van der Waals surface area contributed by atoms with Gasteiger partial charge in [0.2, 0.25) is 0 Å². The van der Waals surface area contributed by atoms with Crippen molar-refractivity contribution in [1.82, 2.24) is 4.90 Å². The van der Waals surface area contributed by atoms with Gasteiger partial charge in [-0.25, -0.2) is 4.79 Å². The number of anilines is 1. The van der Waals surface area contributed by atoms with Crippen LogP contribution in [0.15, 0.2) is 41.8 Å². The van der Waals surface area contributed by atoms with Crippen LogP contribution >= 0.6 is 11.3 Å². The van der Waals surface area contributed by atoms with E-state index in [9.17, 15) is 4.79 Å². The molecule has 1 atom stereocenters. The van der Waals surface area contributed by atoms with Gasteiger partial charge in [-0.2, -0.15) is 0 Å². The lowest BCUT2D eigenvalue weighted by Crippen LogP contribution is -2.40. The lowest BCUT2D eigenvalue weighted by Gasteiger charge is -2.25. The summed E-state index contributed by atoms with van der Waals surface area (Å²) in [5.74, 6) is 6.78. The molecule has 0 spiro atoms. The maximum absolute atomic E-state index is 12.8. The molecule has 0 unspecified atom stereocenters. The fourth-order valence-corrected chi connectivity index (χ4v) is 3.71. The number of carbonyl (C=O) groups excluding carboxylic acids is 1. The van der Waals surface area contributed by atoms with E-state index in [1.807, 2.05) is 46.7 Å². The number of carbonyl (C=O) groups is 1. The average Bonchev–Trinajstić information content (AvgIpc) is 3.12. The maximum atomic E-state index is 12.8. The van der Waals surface area contributed by atoms with Crippen molar-refractivity contribution in [3.63, 3.8) is 0 Å². The van der Waals surface area contributed by atoms with Crippen LogP contribution in [0.1, 0.15) is 29.7 Å². The van der Waals surface area contributed by atoms with E-state index in [0.717, 1.165) is 55.1 Å². The van der Waals surface area contributed by atoms with Crippen molar-refractivity contribution < 1.29 is 9.53 Å². The van der Waals surface area contributed by atoms with E-state index in [2.05, 4.69) is 17.2 Å². The van der Waals surface area contributed by atoms with Crippen molar-refractivity contribution in [3.8, 4) is 11.8 Å². The summed E-state index contributed by atoms with van der Waals surface area (Å²) in [5.41, 5.74) is 1.69. The minimum atomic E-state index is -0.0113. The number of rotatable bonds is 4. The number of ether oxygens (including phenoxy) is 1. The number of benzene rings is 1. The lowest BCUT2D eigenvalue weighted by molar-refractivity contribution is 0.167. The third-order valence-electron chi connectivity index (χ3n) is 4.69. The predicted octanol–water partition coefficient (Wildman–Crippen LogP) is 4.18. The van der Waals surface area contributed by atoms with Gasteiger partial charge in [0.05, 0.1) is 11.5 Å². The number of hydrogen-bond acceptors (Lipinski definition) is 3. The molecule has 1 aromatic heterocycles. The zero-order valence-electron chi connectivity index (χ0n) is 14.6. The highest BCUT2D eigenvalue weighted by Crippen LogP contribution is 2.29. The molecule has 4 nitrogen and oxygen atoms in total. The normalized spacial score (nSPS) is 18.8. The van der Waals surface area contributed by atoms with Gasteiger partial charge in [-0.3, -0.25) is 0 Å². The quantitative estimate of drug-likeness (QED) is 0.825. The van der Waals surface area contributed by atoms with Gasteiger partial charge in [0.1, 0.15) is 0 Å². The maximum Gasteiger partial charge on any atom is 0.322 e. The smallest absolute Gasteiger partial charge is 0.322 e. The zero-order chi connectivity index (χ0) is 17.8. The Morgan fingerprint density at radius 1 is 1.23 bits per heavy atom. The first kappa shape index (κ1) is 17.1. The minimum absolute atomic E-state index is 0.0113. The van der Waals surface area contributed by atoms with Gasteiger partial charge in [-0.05, 0) is 48.9 Å². The first-order valence-corrected chi connectivity index (χ1v) is 9.97. The number of nitrogens with zero attached hydrogens (tertiary/aromatic N) is 1. The molecule has 134 valence electrons. The third kappa shape index (κ3) is 4.46. The number of urea groups is 1. The standard InChI is InChI=1S/C21H22N2O2S/c24-21(23(19-7-8-19)14-17-10-11-25-15-17)22-18-4-1-3-16(13-18)6-9-20-5-2-12-26-20/h1-5,12-13,17,19H,7-8,10-11,14-15H2,(H,22,24)/t17-/m0/s1. The highest BCUT2D eigenvalue weighted by atomic mass is 32.1. The van der Waals surface area contributed by atoms with Gasteiger partial charge in [-0.1, -0.05) is 24.0 Å². The molecule has 2 aromatic rings. The summed E-state index contributed by atoms with van der Waals surface area (Å²) < 4.78 is 5.46. The van der Waals surface area contributed by atoms with Gasteiger partial charge in [0.25, 0.3) is 0 Å². The second-order valence-corrected chi connectivity index (χ2v) is 7.80. The van der Waals surface area contributed by atoms with Crippen molar-refractivity contribution in [2.24, 2.45) is 5.92 Å². The molecule has 1 saturated heterocycles. The monoisotopic (exact) mass is 366 g/mol. The molecular formula is C21H22N2O2S. The summed E-state index contributed by atoms with van der Waals surface area (Å²) in [6, 6.07) is 12.1. The molecule has 0 bridgehead atoms. The lowest BCUT2D eigenvalue weighted by atomic mass is 10.1. The topological polar surface area (TPSA) is 41.6 Å². The average molecular weight is 366 g/mol. The summed E-state index contributed by atoms with van der Waals surface area (Å²) in [6.07, 6.45) is 3.25. The van der Waals surface area contributed by atoms with E-state index in [1.165, 1.54) is 0 Å². The largest absolute Gasteiger partial charge is 0.381 e. The Morgan fingerprint density at radius 2 is 2.15 bits per heavy atom. The van der Waals surface area contributed by atoms with Crippen LogP contribution in [0, 0.1) is 17.8 Å². The van der Waals surface area contributed by atoms with Gasteiger partial charge in [-0.15, -0.1) is 11.3 Å². The van der Waals surface area contributed by atoms with E-state index in [-0.39, 0.29) is 6.03 Å². The molecular weight excluding hydrogens is 344 g/mol. The highest BCUT2D eigenvalue weighted by Gasteiger charge is 2.34. The highest BCUT2D eigenvalue weighted by molar-refractivity contribution is 7.10. The van der Waals surface area contributed by atoms with Crippen molar-refractivity contribution in [2.45, 2.75) is 25.3 Å². The molecule has 2 aliphatic rings. The second kappa shape index (κ2) is 7.94. The number of hydrogen-bond donors (Lipinski definition) is 1. The fourth-order valence-electron chi connectivity index (χ4n) is 3.14. The molecule has 1 aliphatic heterocycles. The Balaban J connectivity index is 1.42. The summed E-state index contributed by atoms with van der Waals surface area (Å²) in [7, 11) is 0. The third-order valence-corrected chi connectivity index (χ3v) is 5.48. The van der Waals surface area contributed by atoms with Crippen LogP contribution in [-0.2, 0) is 4.74 Å². The van der Waals surface area contributed by atoms with Crippen LogP contribution in [0.2, 0.25) is 0 Å². The summed E-state index contributed by atoms with van der Waals surface area (Å²) in [4.78, 5) is 15.8. The molecule has 4 rings (SSSR count). The van der Waals surface area contributed by atoms with Crippen LogP contribution < -0.4 is 5.32 Å². The molecule has 5 heteroatoms. The Hall–Kier alpha value is -2.29. The molecule has 1 saturated carbocycles. The molecule has 1 aromatic carbocycles. The van der Waals surface area contributed by atoms with Gasteiger partial charge >= 0.3 is 6.03 Å². The fraction of sp³-hybridized carbons (Fsp3) is 0.381. The van der Waals surface area contributed by atoms with Crippen LogP contribution in [0.5, 0.6) is 0 Å². The number of nitrogens with one attached hydrogen (secondary N) is 1. The first-order valence-electron chi connectivity index (χ1n) is 9.09. The molecule has 26 heavy (non-hydrogen) atoms. The van der Waals surface area contributed by atoms with Gasteiger partial charge in [0.15, 0.2) is 0 Å². The van der Waals surface area contributed by atoms with Crippen molar-refractivity contribution in [1.29, 1.82) is 0 Å². The van der Waals surface area contributed by atoms with Crippen LogP contribution in [0.25, 0.3) is 0 Å². The number of thiophene rings is 1. The summed E-state index contributed by atoms with van der Waals surface area (Å²) >= 11 is 1.63. The van der Waals surface area contributed by atoms with Crippen molar-refractivity contribution >= 4 is 23.1 Å². The first-order chi connectivity index (χ1) is 12.8. The van der Waals surface area contributed by atoms with E-state index in [4.69, 9.17) is 4.74 Å². The Kier molecular flexibility index (Phi) is 5.24. The zero-order valence-corrected chi connectivity index (χ0v) is 15.4. The summed E-state index contributed by atoms with van der Waals surface area (Å²) in [5, 5.41) is 5.07. The van der Waals surface area contributed by atoms with Crippen LogP contribution in [0.4, 0.5) is 10.5 Å². The van der Waals surface area contributed by atoms with E-state index >= 15 is 0 Å². The van der Waals surface area contributed by atoms with E-state index in [0.29, 0.717) is 12.0 Å². The van der Waals surface area contributed by atoms with Crippen LogP contribution in [-0.4, -0.2) is 36.7 Å². The SMILES string of the molecule is O=C(Nc1cccc(C#Cc2cccs2)c1)N(C[C@@H]1CCOC1)C1CC1. The molecule has 1 aliphatic carbocycles. The molecule has 0 radical (unpaired) electrons. The van der Waals surface area contributed by atoms with Crippen molar-refractivity contribution in [3.05, 3.63) is 52.2 Å². The number of amides is 2. The second-order valence-electron chi connectivity index (χ2n) is 6.85. The molecule has 1 N–H and O–H groups in total. The van der Waals surface area contributed by atoms with Crippen LogP contribution in [0.3, 0.4) is 0 Å². The molecule has 2 heterocycles. The Bertz CT molecular complexity index is 812. The van der Waals surface area contributed by atoms with Crippen molar-refractivity contribution in [2.75, 3.05) is 25.1 Å². The predicted molar refractivity (Wildman–Crippen MR) is 104 cm³/mol. The molecule has 2 amide bonds. The van der Waals surface area contributed by atoms with E-state index in [1.54, 1.807) is 11.3 Å². The van der Waals surface area contributed by atoms with Gasteiger partial charge < -0.3 is 15.0 Å². The van der Waals surface area contributed by atoms with Gasteiger partial charge in [0, 0.05) is 36.4 Å². The molecule has 2 fully saturated rings. The minimum Gasteiger partial charge on any atom is -0.381 e. The van der Waals surface area contributed by atoms with E-state index < -0.39 is 0 Å². The Labute approximate surface area is 158 Å². The summed E-state index contributed by atoms with van der Waals surface area (Å²) in [6.45, 7) is 2.37. The Morgan fingerprint density at radius 3 is 2.88 bits per heavy atom.